The Hall–Kier alpha value is -3.24. The number of nitrogens with one attached hydrogen (secondary N) is 1. The Balaban J connectivity index is 1.83. The number of hydrogen-bond acceptors (Lipinski definition) is 10. The Labute approximate surface area is 117 Å². The van der Waals surface area contributed by atoms with Crippen molar-refractivity contribution in [2.75, 3.05) is 6.54 Å². The van der Waals surface area contributed by atoms with Gasteiger partial charge in [0, 0.05) is 16.7 Å². The van der Waals surface area contributed by atoms with E-state index in [9.17, 15) is 0 Å². The molecule has 21 heavy (non-hydrogen) atoms. The number of hydrogen-bond donors (Lipinski definition) is 1. The van der Waals surface area contributed by atoms with Crippen molar-refractivity contribution in [1.82, 2.24) is 20.6 Å². The summed E-state index contributed by atoms with van der Waals surface area (Å²) in [5.74, 6) is 0.470. The first-order valence-corrected chi connectivity index (χ1v) is 6.02. The maximum absolute atomic E-state index is 4.00. The third kappa shape index (κ3) is 2.09. The highest BCUT2D eigenvalue weighted by Crippen LogP contribution is 2.29. The zero-order valence-electron chi connectivity index (χ0n) is 10.5. The molecular weight excluding hydrogens is 274 g/mol. The summed E-state index contributed by atoms with van der Waals surface area (Å²) in [6.45, 7) is 0.433. The van der Waals surface area contributed by atoms with Gasteiger partial charge >= 0.3 is 0 Å². The molecule has 11 nitrogen and oxygen atoms in total. The summed E-state index contributed by atoms with van der Waals surface area (Å²) in [5, 5.41) is 40.4. The first kappa shape index (κ1) is 11.6. The smallest absolute Gasteiger partial charge is 0.177 e. The van der Waals surface area contributed by atoms with Crippen LogP contribution in [-0.4, -0.2) is 32.9 Å². The highest BCUT2D eigenvalue weighted by atomic mass is 15.6. The van der Waals surface area contributed by atoms with Crippen LogP contribution < -0.4 is 0 Å². The van der Waals surface area contributed by atoms with Crippen molar-refractivity contribution in [1.29, 1.82) is 0 Å². The Kier molecular flexibility index (Phi) is 2.59. The molecule has 0 saturated carbocycles. The Morgan fingerprint density at radius 2 is 1.86 bits per heavy atom. The van der Waals surface area contributed by atoms with Crippen LogP contribution >= 0.6 is 0 Å². The summed E-state index contributed by atoms with van der Waals surface area (Å²) in [7, 11) is 0. The van der Waals surface area contributed by atoms with Crippen LogP contribution in [0.25, 0.3) is 11.4 Å². The van der Waals surface area contributed by atoms with Gasteiger partial charge in [-0.25, -0.2) is 0 Å². The minimum atomic E-state index is -0.466. The first-order chi connectivity index (χ1) is 10.4. The summed E-state index contributed by atoms with van der Waals surface area (Å²) in [5.41, 5.74) is 3.19. The van der Waals surface area contributed by atoms with E-state index in [-0.39, 0.29) is 0 Å². The van der Waals surface area contributed by atoms with E-state index in [0.29, 0.717) is 12.4 Å². The highest BCUT2D eigenvalue weighted by molar-refractivity contribution is 6.03. The van der Waals surface area contributed by atoms with Gasteiger partial charge in [-0.1, -0.05) is 0 Å². The SMILES string of the molecule is c1c(C2=NN=NC2)cc(C2N=NN=N2)cc1-c1nn[nH]n1. The predicted octanol–water partition coefficient (Wildman–Crippen LogP) is 1.87. The van der Waals surface area contributed by atoms with Crippen LogP contribution in [0.1, 0.15) is 17.3 Å². The van der Waals surface area contributed by atoms with Crippen LogP contribution in [0.5, 0.6) is 0 Å². The number of aromatic amines is 1. The zero-order valence-corrected chi connectivity index (χ0v) is 10.5. The summed E-state index contributed by atoms with van der Waals surface area (Å²) >= 11 is 0. The van der Waals surface area contributed by atoms with Gasteiger partial charge in [0.05, 0.1) is 5.71 Å². The zero-order chi connectivity index (χ0) is 14.1. The van der Waals surface area contributed by atoms with Crippen LogP contribution in [0.15, 0.2) is 54.3 Å². The molecule has 0 bridgehead atoms. The molecule has 2 aliphatic rings. The minimum Gasteiger partial charge on any atom is -0.177 e. The lowest BCUT2D eigenvalue weighted by Gasteiger charge is -2.07. The van der Waals surface area contributed by atoms with E-state index in [0.717, 1.165) is 22.4 Å². The molecular formula is C10H7N11. The number of nitrogens with zero attached hydrogens (tertiary/aromatic N) is 10. The second kappa shape index (κ2) is 4.70. The molecule has 0 aliphatic carbocycles. The second-order valence-electron chi connectivity index (χ2n) is 4.30. The number of rotatable bonds is 3. The molecule has 2 aromatic rings. The molecule has 0 amide bonds. The lowest BCUT2D eigenvalue weighted by Crippen LogP contribution is -2.04. The maximum Gasteiger partial charge on any atom is 0.210 e. The molecule has 0 unspecified atom stereocenters. The van der Waals surface area contributed by atoms with Crippen molar-refractivity contribution in [3.8, 4) is 11.4 Å². The fourth-order valence-electron chi connectivity index (χ4n) is 2.05. The molecule has 0 fully saturated rings. The van der Waals surface area contributed by atoms with E-state index in [2.05, 4.69) is 56.7 Å². The molecule has 102 valence electrons. The topological polar surface area (TPSA) is 141 Å². The van der Waals surface area contributed by atoms with Gasteiger partial charge in [0.25, 0.3) is 0 Å². The monoisotopic (exact) mass is 281 g/mol. The number of tetrazole rings is 1. The molecule has 3 heterocycles. The van der Waals surface area contributed by atoms with Gasteiger partial charge < -0.3 is 0 Å². The average molecular weight is 281 g/mol. The Morgan fingerprint density at radius 3 is 2.57 bits per heavy atom. The van der Waals surface area contributed by atoms with Crippen LogP contribution in [0.4, 0.5) is 0 Å². The van der Waals surface area contributed by atoms with E-state index in [4.69, 9.17) is 0 Å². The van der Waals surface area contributed by atoms with Crippen molar-refractivity contribution < 1.29 is 0 Å². The molecule has 4 rings (SSSR count). The normalized spacial score (nSPS) is 16.9. The van der Waals surface area contributed by atoms with Gasteiger partial charge in [0.2, 0.25) is 12.0 Å². The van der Waals surface area contributed by atoms with E-state index in [1.165, 1.54) is 0 Å². The van der Waals surface area contributed by atoms with E-state index < -0.39 is 6.17 Å². The van der Waals surface area contributed by atoms with Crippen molar-refractivity contribution in [2.45, 2.75) is 6.17 Å². The molecule has 0 saturated heterocycles. The second-order valence-corrected chi connectivity index (χ2v) is 4.30. The van der Waals surface area contributed by atoms with Crippen molar-refractivity contribution in [3.05, 3.63) is 29.3 Å². The summed E-state index contributed by atoms with van der Waals surface area (Å²) < 4.78 is 0. The predicted molar refractivity (Wildman–Crippen MR) is 68.3 cm³/mol. The average Bonchev–Trinajstić information content (AvgIpc) is 3.29. The Morgan fingerprint density at radius 1 is 1.00 bits per heavy atom. The molecule has 0 atom stereocenters. The largest absolute Gasteiger partial charge is 0.210 e. The maximum atomic E-state index is 4.00. The number of aromatic nitrogens is 4. The van der Waals surface area contributed by atoms with Crippen LogP contribution in [-0.2, 0) is 0 Å². The number of H-pyrrole nitrogens is 1. The summed E-state index contributed by atoms with van der Waals surface area (Å²) in [4.78, 5) is 0. The van der Waals surface area contributed by atoms with Crippen molar-refractivity contribution in [2.24, 2.45) is 36.1 Å². The minimum absolute atomic E-state index is 0.433. The molecule has 0 radical (unpaired) electrons. The van der Waals surface area contributed by atoms with Gasteiger partial charge in [0.15, 0.2) is 0 Å². The number of benzene rings is 1. The van der Waals surface area contributed by atoms with Gasteiger partial charge in [-0.2, -0.15) is 10.3 Å². The quantitative estimate of drug-likeness (QED) is 0.917. The summed E-state index contributed by atoms with van der Waals surface area (Å²) in [6, 6.07) is 5.67. The molecule has 1 aromatic carbocycles. The van der Waals surface area contributed by atoms with Gasteiger partial charge in [-0.15, -0.1) is 25.5 Å². The van der Waals surface area contributed by atoms with Crippen LogP contribution in [0.2, 0.25) is 0 Å². The van der Waals surface area contributed by atoms with Gasteiger partial charge in [-0.3, -0.25) is 0 Å². The van der Waals surface area contributed by atoms with E-state index in [1.807, 2.05) is 18.2 Å². The van der Waals surface area contributed by atoms with Crippen molar-refractivity contribution in [3.63, 3.8) is 0 Å². The van der Waals surface area contributed by atoms with Crippen molar-refractivity contribution >= 4 is 5.71 Å². The summed E-state index contributed by atoms with van der Waals surface area (Å²) in [6.07, 6.45) is -0.466. The molecule has 1 aromatic heterocycles. The van der Waals surface area contributed by atoms with Gasteiger partial charge in [-0.05, 0) is 39.1 Å². The molecule has 11 heteroatoms. The van der Waals surface area contributed by atoms with Crippen LogP contribution in [0, 0.1) is 0 Å². The highest BCUT2D eigenvalue weighted by Gasteiger charge is 2.19. The van der Waals surface area contributed by atoms with E-state index in [1.54, 1.807) is 0 Å². The first-order valence-electron chi connectivity index (χ1n) is 6.02. The third-order valence-electron chi connectivity index (χ3n) is 3.00. The van der Waals surface area contributed by atoms with E-state index >= 15 is 0 Å². The van der Waals surface area contributed by atoms with Crippen LogP contribution in [0.3, 0.4) is 0 Å². The van der Waals surface area contributed by atoms with Gasteiger partial charge in [0.1, 0.15) is 6.54 Å². The standard InChI is InChI=1S/C10H7N11/c1-5(8-4-11-17-12-8)2-7(10-15-20-21-16-10)3-6(1)9-13-18-19-14-9/h1-3,9H,4H2,(H,15,16,20,21). The lowest BCUT2D eigenvalue weighted by atomic mass is 10.0. The third-order valence-corrected chi connectivity index (χ3v) is 3.00. The fourth-order valence-corrected chi connectivity index (χ4v) is 2.05. The molecule has 1 N–H and O–H groups in total. The fraction of sp³-hybridized carbons (Fsp3) is 0.200. The molecule has 2 aliphatic heterocycles. The lowest BCUT2D eigenvalue weighted by molar-refractivity contribution is 0.765. The molecule has 0 spiro atoms. The Bertz CT molecular complexity index is 773.